The zero-order valence-corrected chi connectivity index (χ0v) is 17.3. The number of hydrogen-bond acceptors (Lipinski definition) is 4. The maximum absolute atomic E-state index is 12.5. The van der Waals surface area contributed by atoms with E-state index in [4.69, 9.17) is 0 Å². The van der Waals surface area contributed by atoms with Crippen molar-refractivity contribution in [1.82, 2.24) is 5.32 Å². The third-order valence-corrected chi connectivity index (χ3v) is 5.38. The molecule has 1 aliphatic carbocycles. The minimum absolute atomic E-state index is 0.0649. The van der Waals surface area contributed by atoms with Crippen molar-refractivity contribution >= 4 is 17.9 Å². The van der Waals surface area contributed by atoms with Gasteiger partial charge in [-0.15, -0.1) is 0 Å². The van der Waals surface area contributed by atoms with Gasteiger partial charge in [-0.1, -0.05) is 42.5 Å². The van der Waals surface area contributed by atoms with Gasteiger partial charge in [-0.25, -0.2) is 0 Å². The second kappa shape index (κ2) is 10.5. The lowest BCUT2D eigenvalue weighted by Gasteiger charge is -2.22. The largest absolute Gasteiger partial charge is 0.511 e. The van der Waals surface area contributed by atoms with Gasteiger partial charge in [0.05, 0.1) is 5.57 Å². The summed E-state index contributed by atoms with van der Waals surface area (Å²) in [5, 5.41) is 13.2. The number of aliphatic hydroxyl groups is 1. The molecule has 0 radical (unpaired) electrons. The molecule has 156 valence electrons. The van der Waals surface area contributed by atoms with Crippen molar-refractivity contribution in [3.05, 3.63) is 82.6 Å². The van der Waals surface area contributed by atoms with Crippen LogP contribution in [0.3, 0.4) is 0 Å². The fraction of sp³-hybridized carbons (Fsp3) is 0.320. The number of ketones is 1. The molecule has 2 aromatic rings. The molecule has 5 heteroatoms. The predicted molar refractivity (Wildman–Crippen MR) is 119 cm³/mol. The first-order chi connectivity index (χ1) is 14.6. The molecule has 1 amide bonds. The molecular formula is C25H28N2O3. The number of Topliss-reactive ketones (excluding diaryl/α,β-unsaturated/α-hetero) is 1. The summed E-state index contributed by atoms with van der Waals surface area (Å²) in [7, 11) is 1.57. The summed E-state index contributed by atoms with van der Waals surface area (Å²) in [6.07, 6.45) is 5.02. The van der Waals surface area contributed by atoms with Crippen LogP contribution in [0.4, 0.5) is 0 Å². The SMILES string of the molecule is CN=CC1=C(O)CC(c2cccc(C(=O)NCCCCc3ccccc3)c2)CC1=O. The van der Waals surface area contributed by atoms with Gasteiger partial charge in [0.1, 0.15) is 5.76 Å². The summed E-state index contributed by atoms with van der Waals surface area (Å²) in [6.45, 7) is 0.626. The minimum atomic E-state index is -0.134. The monoisotopic (exact) mass is 404 g/mol. The molecule has 0 spiro atoms. The Morgan fingerprint density at radius 1 is 1.13 bits per heavy atom. The summed E-state index contributed by atoms with van der Waals surface area (Å²) in [5.41, 5.74) is 3.06. The molecule has 0 heterocycles. The number of nitrogens with zero attached hydrogens (tertiary/aromatic N) is 1. The Hall–Kier alpha value is -3.21. The Labute approximate surface area is 177 Å². The van der Waals surface area contributed by atoms with Crippen LogP contribution in [0.25, 0.3) is 0 Å². The van der Waals surface area contributed by atoms with Crippen LogP contribution in [0.2, 0.25) is 0 Å². The van der Waals surface area contributed by atoms with Gasteiger partial charge in [-0.05, 0) is 48.4 Å². The van der Waals surface area contributed by atoms with Crippen LogP contribution < -0.4 is 5.32 Å². The third kappa shape index (κ3) is 5.66. The van der Waals surface area contributed by atoms with Gasteiger partial charge in [-0.3, -0.25) is 14.6 Å². The van der Waals surface area contributed by atoms with E-state index in [0.717, 1.165) is 24.8 Å². The van der Waals surface area contributed by atoms with Crippen molar-refractivity contribution < 1.29 is 14.7 Å². The second-order valence-corrected chi connectivity index (χ2v) is 7.60. The molecule has 0 aromatic heterocycles. The second-order valence-electron chi connectivity index (χ2n) is 7.60. The van der Waals surface area contributed by atoms with E-state index in [-0.39, 0.29) is 28.9 Å². The Balaban J connectivity index is 1.53. The van der Waals surface area contributed by atoms with Gasteiger partial charge in [-0.2, -0.15) is 0 Å². The van der Waals surface area contributed by atoms with Crippen molar-refractivity contribution in [3.63, 3.8) is 0 Å². The number of aliphatic hydroxyl groups excluding tert-OH is 1. The number of benzene rings is 2. The van der Waals surface area contributed by atoms with E-state index in [1.807, 2.05) is 36.4 Å². The van der Waals surface area contributed by atoms with Crippen molar-refractivity contribution in [1.29, 1.82) is 0 Å². The number of carbonyl (C=O) groups is 2. The average Bonchev–Trinajstić information content (AvgIpc) is 2.76. The Bertz CT molecular complexity index is 948. The predicted octanol–water partition coefficient (Wildman–Crippen LogP) is 4.40. The first kappa shape index (κ1) is 21.5. The number of unbranched alkanes of at least 4 members (excludes halogenated alkanes) is 1. The first-order valence-electron chi connectivity index (χ1n) is 10.4. The molecule has 1 unspecified atom stereocenters. The number of aryl methyl sites for hydroxylation is 1. The molecule has 0 saturated carbocycles. The van der Waals surface area contributed by atoms with Crippen LogP contribution in [0, 0.1) is 0 Å². The molecule has 5 nitrogen and oxygen atoms in total. The van der Waals surface area contributed by atoms with Gasteiger partial charge in [0.2, 0.25) is 0 Å². The van der Waals surface area contributed by atoms with Gasteiger partial charge < -0.3 is 10.4 Å². The number of allylic oxidation sites excluding steroid dienone is 2. The lowest BCUT2D eigenvalue weighted by atomic mass is 9.82. The van der Waals surface area contributed by atoms with Gasteiger partial charge >= 0.3 is 0 Å². The third-order valence-electron chi connectivity index (χ3n) is 5.38. The highest BCUT2D eigenvalue weighted by Crippen LogP contribution is 2.33. The fourth-order valence-electron chi connectivity index (χ4n) is 3.76. The summed E-state index contributed by atoms with van der Waals surface area (Å²) in [5.74, 6) is -0.305. The van der Waals surface area contributed by atoms with E-state index >= 15 is 0 Å². The van der Waals surface area contributed by atoms with E-state index in [0.29, 0.717) is 24.9 Å². The highest BCUT2D eigenvalue weighted by Gasteiger charge is 2.28. The van der Waals surface area contributed by atoms with E-state index in [1.54, 1.807) is 13.1 Å². The molecule has 0 aliphatic heterocycles. The van der Waals surface area contributed by atoms with Crippen LogP contribution in [-0.2, 0) is 11.2 Å². The maximum atomic E-state index is 12.5. The van der Waals surface area contributed by atoms with Crippen molar-refractivity contribution in [3.8, 4) is 0 Å². The van der Waals surface area contributed by atoms with E-state index in [9.17, 15) is 14.7 Å². The molecule has 2 aromatic carbocycles. The molecule has 30 heavy (non-hydrogen) atoms. The fourth-order valence-corrected chi connectivity index (χ4v) is 3.76. The van der Waals surface area contributed by atoms with Crippen molar-refractivity contribution in [2.24, 2.45) is 4.99 Å². The van der Waals surface area contributed by atoms with Crippen LogP contribution in [0.1, 0.15) is 53.1 Å². The Kier molecular flexibility index (Phi) is 7.55. The maximum Gasteiger partial charge on any atom is 0.251 e. The van der Waals surface area contributed by atoms with Crippen molar-refractivity contribution in [2.45, 2.75) is 38.0 Å². The number of carbonyl (C=O) groups excluding carboxylic acids is 2. The van der Waals surface area contributed by atoms with Crippen molar-refractivity contribution in [2.75, 3.05) is 13.6 Å². The normalized spacial score (nSPS) is 16.8. The Morgan fingerprint density at radius 2 is 1.93 bits per heavy atom. The van der Waals surface area contributed by atoms with E-state index in [2.05, 4.69) is 22.4 Å². The minimum Gasteiger partial charge on any atom is -0.511 e. The molecule has 1 aliphatic rings. The number of aliphatic imine (C=N–C) groups is 1. The van der Waals surface area contributed by atoms with Gasteiger partial charge in [0, 0.05) is 38.2 Å². The zero-order valence-electron chi connectivity index (χ0n) is 17.3. The molecule has 2 N–H and O–H groups in total. The van der Waals surface area contributed by atoms with Crippen LogP contribution in [0.5, 0.6) is 0 Å². The molecule has 1 atom stereocenters. The Morgan fingerprint density at radius 3 is 2.67 bits per heavy atom. The smallest absolute Gasteiger partial charge is 0.251 e. The van der Waals surface area contributed by atoms with Crippen LogP contribution in [0.15, 0.2) is 70.9 Å². The van der Waals surface area contributed by atoms with Crippen LogP contribution in [-0.4, -0.2) is 36.6 Å². The number of amides is 1. The quantitative estimate of drug-likeness (QED) is 0.506. The van der Waals surface area contributed by atoms with Gasteiger partial charge in [0.25, 0.3) is 5.91 Å². The topological polar surface area (TPSA) is 78.8 Å². The molecular weight excluding hydrogens is 376 g/mol. The summed E-state index contributed by atoms with van der Waals surface area (Å²) in [4.78, 5) is 28.7. The van der Waals surface area contributed by atoms with Crippen LogP contribution >= 0.6 is 0 Å². The average molecular weight is 405 g/mol. The molecule has 0 bridgehead atoms. The lowest BCUT2D eigenvalue weighted by Crippen LogP contribution is -2.25. The molecule has 0 saturated heterocycles. The standard InChI is InChI=1S/C25H28N2O3/c1-26-17-22-23(28)15-21(16-24(22)29)19-11-7-12-20(14-19)25(30)27-13-6-5-10-18-8-3-2-4-9-18/h2-4,7-9,11-12,14,17,21,28H,5-6,10,13,15-16H2,1H3,(H,27,30). The number of rotatable bonds is 8. The number of hydrogen-bond donors (Lipinski definition) is 2. The number of nitrogens with one attached hydrogen (secondary N) is 1. The van der Waals surface area contributed by atoms with E-state index in [1.165, 1.54) is 11.8 Å². The summed E-state index contributed by atoms with van der Waals surface area (Å²) in [6, 6.07) is 17.7. The highest BCUT2D eigenvalue weighted by atomic mass is 16.3. The van der Waals surface area contributed by atoms with Gasteiger partial charge in [0.15, 0.2) is 5.78 Å². The summed E-state index contributed by atoms with van der Waals surface area (Å²) >= 11 is 0. The molecule has 0 fully saturated rings. The first-order valence-corrected chi connectivity index (χ1v) is 10.4. The molecule has 3 rings (SSSR count). The lowest BCUT2D eigenvalue weighted by molar-refractivity contribution is -0.116. The van der Waals surface area contributed by atoms with E-state index < -0.39 is 0 Å². The summed E-state index contributed by atoms with van der Waals surface area (Å²) < 4.78 is 0. The highest BCUT2D eigenvalue weighted by molar-refractivity contribution is 6.14. The zero-order chi connectivity index (χ0) is 21.3.